The normalized spacial score (nSPS) is 13.6. The Bertz CT molecular complexity index is 2840. The summed E-state index contributed by atoms with van der Waals surface area (Å²) in [6, 6.07) is 16.5. The molecule has 0 unspecified atom stereocenters. The summed E-state index contributed by atoms with van der Waals surface area (Å²) in [6.07, 6.45) is 7.79. The fraction of sp³-hybridized carbons (Fsp3) is 0.353. The first kappa shape index (κ1) is 53.8. The molecule has 3 aromatic heterocycles. The standard InChI is InChI=1S/C51H65N15O7/c1-30(67)61-39(19-11-21-57-51(54)55)46(69)62-40(18-9-10-20-52)47(70)65-43(24-33-27-59-38-17-8-6-15-36(33)38)49(72)66-44(25-34-28-56-29-60-34)50(73)64-42(22-31-12-3-2-4-13-31)48(71)63-41(45(53)68)23-32-26-58-37-16-7-5-14-35(32)37/h2-8,12-17,26-29,39-44,58-59H,9-11,18-25,52H2,1H3,(H2,53,68)(H,56,60)(H,61,67)(H,62,69)(H,63,71)(H,64,73)(H,65,70)(H,66,72)(H4,54,55,57)/t39-,40-,41-,42-,43-,44-/m0/s1. The smallest absolute Gasteiger partial charge is 0.243 e. The minimum absolute atomic E-state index is 0.00270. The van der Waals surface area contributed by atoms with Gasteiger partial charge in [-0.2, -0.15) is 0 Å². The van der Waals surface area contributed by atoms with E-state index in [0.717, 1.165) is 27.4 Å². The highest BCUT2D eigenvalue weighted by molar-refractivity contribution is 5.98. The van der Waals surface area contributed by atoms with Crippen molar-refractivity contribution in [2.24, 2.45) is 27.9 Å². The van der Waals surface area contributed by atoms with Crippen molar-refractivity contribution in [3.8, 4) is 0 Å². The van der Waals surface area contributed by atoms with E-state index in [-0.39, 0.29) is 51.0 Å². The van der Waals surface area contributed by atoms with Crippen molar-refractivity contribution < 1.29 is 33.6 Å². The van der Waals surface area contributed by atoms with Gasteiger partial charge in [-0.3, -0.25) is 38.6 Å². The highest BCUT2D eigenvalue weighted by atomic mass is 16.2. The lowest BCUT2D eigenvalue weighted by atomic mass is 10.0. The number of nitrogens with two attached hydrogens (primary N) is 4. The number of aromatic nitrogens is 4. The molecule has 6 rings (SSSR count). The molecule has 17 N–H and O–H groups in total. The van der Waals surface area contributed by atoms with Crippen molar-refractivity contribution in [1.29, 1.82) is 0 Å². The average molecular weight is 1000 g/mol. The molecule has 0 aliphatic heterocycles. The zero-order valence-electron chi connectivity index (χ0n) is 40.6. The Balaban J connectivity index is 1.27. The summed E-state index contributed by atoms with van der Waals surface area (Å²) >= 11 is 0. The molecular weight excluding hydrogens is 935 g/mol. The highest BCUT2D eigenvalue weighted by Crippen LogP contribution is 2.21. The summed E-state index contributed by atoms with van der Waals surface area (Å²) < 4.78 is 0. The predicted octanol–water partition coefficient (Wildman–Crippen LogP) is 0.239. The summed E-state index contributed by atoms with van der Waals surface area (Å²) in [7, 11) is 0. The van der Waals surface area contributed by atoms with E-state index in [1.807, 2.05) is 48.5 Å². The van der Waals surface area contributed by atoms with Crippen LogP contribution in [0.1, 0.15) is 61.4 Å². The maximum atomic E-state index is 14.8. The third-order valence-corrected chi connectivity index (χ3v) is 12.2. The maximum Gasteiger partial charge on any atom is 0.243 e. The summed E-state index contributed by atoms with van der Waals surface area (Å²) in [5.74, 6) is -4.97. The summed E-state index contributed by atoms with van der Waals surface area (Å²) in [6.45, 7) is 1.78. The molecule has 0 aliphatic carbocycles. The number of aromatic amines is 3. The molecule has 0 saturated carbocycles. The Morgan fingerprint density at radius 1 is 0.548 bits per heavy atom. The van der Waals surface area contributed by atoms with Gasteiger partial charge in [0.25, 0.3) is 0 Å². The Morgan fingerprint density at radius 3 is 1.56 bits per heavy atom. The molecule has 6 aromatic rings. The van der Waals surface area contributed by atoms with Crippen molar-refractivity contribution >= 4 is 69.1 Å². The molecule has 22 heteroatoms. The number of fused-ring (bicyclic) bond motifs is 2. The summed E-state index contributed by atoms with van der Waals surface area (Å²) in [5, 5.41) is 18.3. The first-order valence-corrected chi connectivity index (χ1v) is 24.1. The lowest BCUT2D eigenvalue weighted by Gasteiger charge is -2.27. The zero-order valence-corrected chi connectivity index (χ0v) is 40.6. The number of imidazole rings is 1. The molecule has 0 radical (unpaired) electrons. The van der Waals surface area contributed by atoms with Gasteiger partial charge in [0.1, 0.15) is 36.3 Å². The number of rotatable bonds is 28. The second-order valence-electron chi connectivity index (χ2n) is 17.8. The van der Waals surface area contributed by atoms with Gasteiger partial charge in [-0.1, -0.05) is 66.7 Å². The highest BCUT2D eigenvalue weighted by Gasteiger charge is 2.34. The van der Waals surface area contributed by atoms with Gasteiger partial charge in [0.2, 0.25) is 41.4 Å². The fourth-order valence-electron chi connectivity index (χ4n) is 8.50. The largest absolute Gasteiger partial charge is 0.370 e. The average Bonchev–Trinajstić information content (AvgIpc) is 4.15. The van der Waals surface area contributed by atoms with E-state index < -0.39 is 77.6 Å². The van der Waals surface area contributed by atoms with Crippen LogP contribution in [-0.4, -0.2) is 117 Å². The predicted molar refractivity (Wildman–Crippen MR) is 276 cm³/mol. The molecular formula is C51H65N15O7. The first-order valence-electron chi connectivity index (χ1n) is 24.1. The molecule has 73 heavy (non-hydrogen) atoms. The quantitative estimate of drug-likeness (QED) is 0.0179. The molecule has 22 nitrogen and oxygen atoms in total. The van der Waals surface area contributed by atoms with Gasteiger partial charge < -0.3 is 69.8 Å². The third kappa shape index (κ3) is 16.0. The number of unbranched alkanes of at least 4 members (excludes halogenated alkanes) is 1. The van der Waals surface area contributed by atoms with Crippen molar-refractivity contribution in [2.45, 2.75) is 101 Å². The van der Waals surface area contributed by atoms with Gasteiger partial charge in [0.05, 0.1) is 6.33 Å². The Morgan fingerprint density at radius 2 is 1.03 bits per heavy atom. The molecule has 3 aromatic carbocycles. The zero-order chi connectivity index (χ0) is 52.3. The Labute approximate surface area is 421 Å². The number of hydrogen-bond acceptors (Lipinski definition) is 10. The topological polar surface area (TPSA) is 368 Å². The molecule has 0 saturated heterocycles. The monoisotopic (exact) mass is 1000 g/mol. The number of nitrogens with zero attached hydrogens (tertiary/aromatic N) is 2. The van der Waals surface area contributed by atoms with E-state index in [9.17, 15) is 33.6 Å². The molecule has 0 spiro atoms. The number of H-pyrrole nitrogens is 3. The van der Waals surface area contributed by atoms with Gasteiger partial charge in [-0.25, -0.2) is 4.98 Å². The molecule has 386 valence electrons. The molecule has 0 fully saturated rings. The van der Waals surface area contributed by atoms with Crippen molar-refractivity contribution in [3.05, 3.63) is 126 Å². The van der Waals surface area contributed by atoms with Crippen LogP contribution in [-0.2, 0) is 59.2 Å². The van der Waals surface area contributed by atoms with Crippen molar-refractivity contribution in [3.63, 3.8) is 0 Å². The fourth-order valence-corrected chi connectivity index (χ4v) is 8.50. The lowest BCUT2D eigenvalue weighted by Crippen LogP contribution is -2.60. The number of aliphatic imine (C=N–C) groups is 1. The summed E-state index contributed by atoms with van der Waals surface area (Å²) in [4.78, 5) is 115. The van der Waals surface area contributed by atoms with E-state index in [1.165, 1.54) is 19.4 Å². The van der Waals surface area contributed by atoms with Crippen LogP contribution in [0.2, 0.25) is 0 Å². The summed E-state index contributed by atoms with van der Waals surface area (Å²) in [5.41, 5.74) is 26.8. The van der Waals surface area contributed by atoms with E-state index in [2.05, 4.69) is 56.8 Å². The van der Waals surface area contributed by atoms with Crippen LogP contribution in [0, 0.1) is 0 Å². The van der Waals surface area contributed by atoms with Crippen LogP contribution in [0.15, 0.2) is 109 Å². The van der Waals surface area contributed by atoms with Gasteiger partial charge >= 0.3 is 0 Å². The van der Waals surface area contributed by atoms with Crippen molar-refractivity contribution in [1.82, 2.24) is 51.8 Å². The second kappa shape index (κ2) is 26.6. The van der Waals surface area contributed by atoms with Gasteiger partial charge in [-0.15, -0.1) is 0 Å². The number of benzene rings is 3. The molecule has 7 amide bonds. The first-order chi connectivity index (χ1) is 35.2. The number of guanidine groups is 1. The lowest BCUT2D eigenvalue weighted by molar-refractivity contribution is -0.135. The molecule has 6 atom stereocenters. The Kier molecular flexibility index (Phi) is 19.6. The van der Waals surface area contributed by atoms with Crippen LogP contribution in [0.5, 0.6) is 0 Å². The Hall–Kier alpha value is -8.53. The van der Waals surface area contributed by atoms with Crippen LogP contribution in [0.3, 0.4) is 0 Å². The second-order valence-corrected chi connectivity index (χ2v) is 17.8. The minimum Gasteiger partial charge on any atom is -0.370 e. The van der Waals surface area contributed by atoms with Gasteiger partial charge in [-0.05, 0) is 67.5 Å². The molecule has 0 aliphatic rings. The van der Waals surface area contributed by atoms with Gasteiger partial charge in [0.15, 0.2) is 5.96 Å². The number of carbonyl (C=O) groups excluding carboxylic acids is 7. The van der Waals surface area contributed by atoms with E-state index in [1.54, 1.807) is 42.7 Å². The van der Waals surface area contributed by atoms with E-state index >= 15 is 0 Å². The van der Waals surface area contributed by atoms with Crippen LogP contribution < -0.4 is 54.8 Å². The number of primary amides is 1. The number of nitrogens with one attached hydrogen (secondary N) is 9. The van der Waals surface area contributed by atoms with Crippen LogP contribution >= 0.6 is 0 Å². The number of amides is 7. The van der Waals surface area contributed by atoms with Crippen LogP contribution in [0.25, 0.3) is 21.8 Å². The molecule has 0 bridgehead atoms. The number of para-hydroxylation sites is 2. The van der Waals surface area contributed by atoms with E-state index in [4.69, 9.17) is 22.9 Å². The third-order valence-electron chi connectivity index (χ3n) is 12.2. The van der Waals surface area contributed by atoms with Crippen LogP contribution in [0.4, 0.5) is 0 Å². The molecule has 3 heterocycles. The maximum absolute atomic E-state index is 14.8. The van der Waals surface area contributed by atoms with Crippen molar-refractivity contribution in [2.75, 3.05) is 13.1 Å². The number of carbonyl (C=O) groups is 7. The van der Waals surface area contributed by atoms with Gasteiger partial charge in [0, 0.05) is 85.2 Å². The minimum atomic E-state index is -1.36. The van der Waals surface area contributed by atoms with E-state index in [0.29, 0.717) is 42.6 Å². The SMILES string of the molecule is CC(=O)N[C@@H](CCCN=C(N)N)C(=O)N[C@@H](CCCCN)C(=O)N[C@@H](Cc1c[nH]c2ccccc12)C(=O)N[C@@H](Cc1cnc[nH]1)C(=O)N[C@@H](Cc1ccccc1)C(=O)N[C@@H](Cc1c[nH]c2ccccc12)C(N)=O. The number of hydrogen-bond donors (Lipinski definition) is 13.